The van der Waals surface area contributed by atoms with Crippen LogP contribution in [0.4, 0.5) is 5.69 Å². The van der Waals surface area contributed by atoms with Gasteiger partial charge in [0.2, 0.25) is 0 Å². The number of hydrogen-bond donors (Lipinski definition) is 1. The van der Waals surface area contributed by atoms with E-state index in [4.69, 9.17) is 0 Å². The zero-order valence-corrected chi connectivity index (χ0v) is 14.9. The number of benzene rings is 1. The molecular formula is C15H16BrN3O3S. The lowest BCUT2D eigenvalue weighted by atomic mass is 10.2. The monoisotopic (exact) mass is 397 g/mol. The quantitative estimate of drug-likeness (QED) is 0.862. The maximum Gasteiger partial charge on any atom is 0.276 e. The summed E-state index contributed by atoms with van der Waals surface area (Å²) < 4.78 is 25.8. The topological polar surface area (TPSA) is 81.1 Å². The van der Waals surface area contributed by atoms with Gasteiger partial charge in [0.1, 0.15) is 0 Å². The van der Waals surface area contributed by atoms with Gasteiger partial charge in [0.05, 0.1) is 17.5 Å². The molecule has 2 aromatic rings. The van der Waals surface area contributed by atoms with Crippen molar-refractivity contribution in [3.8, 4) is 0 Å². The van der Waals surface area contributed by atoms with E-state index in [1.54, 1.807) is 22.9 Å². The van der Waals surface area contributed by atoms with Crippen LogP contribution >= 0.6 is 15.9 Å². The first kappa shape index (κ1) is 16.2. The normalized spacial score (nSPS) is 19.7. The summed E-state index contributed by atoms with van der Waals surface area (Å²) in [5, 5.41) is 7.08. The molecule has 1 N–H and O–H groups in total. The highest BCUT2D eigenvalue weighted by atomic mass is 79.9. The number of carbonyl (C=O) groups is 1. The SMILES string of the molecule is Cc1cc(C(=O)Nc2ccc(Br)cc2)nn1C1CCS(=O)(=O)C1. The smallest absolute Gasteiger partial charge is 0.276 e. The Labute approximate surface area is 142 Å². The first-order valence-electron chi connectivity index (χ1n) is 7.17. The molecule has 1 aromatic heterocycles. The Morgan fingerprint density at radius 3 is 2.65 bits per heavy atom. The van der Waals surface area contributed by atoms with Gasteiger partial charge in [-0.15, -0.1) is 0 Å². The van der Waals surface area contributed by atoms with Crippen molar-refractivity contribution in [1.82, 2.24) is 9.78 Å². The van der Waals surface area contributed by atoms with E-state index >= 15 is 0 Å². The highest BCUT2D eigenvalue weighted by Crippen LogP contribution is 2.25. The van der Waals surface area contributed by atoms with Crippen LogP contribution in [0.2, 0.25) is 0 Å². The second kappa shape index (κ2) is 6.09. The van der Waals surface area contributed by atoms with Crippen LogP contribution in [-0.4, -0.2) is 35.6 Å². The number of anilines is 1. The van der Waals surface area contributed by atoms with Gasteiger partial charge in [-0.3, -0.25) is 9.48 Å². The zero-order valence-electron chi connectivity index (χ0n) is 12.5. The fourth-order valence-electron chi connectivity index (χ4n) is 2.67. The predicted molar refractivity (Wildman–Crippen MR) is 91.4 cm³/mol. The van der Waals surface area contributed by atoms with E-state index in [1.807, 2.05) is 19.1 Å². The molecule has 6 nitrogen and oxygen atoms in total. The summed E-state index contributed by atoms with van der Waals surface area (Å²) >= 11 is 3.34. The van der Waals surface area contributed by atoms with Crippen molar-refractivity contribution in [3.63, 3.8) is 0 Å². The highest BCUT2D eigenvalue weighted by Gasteiger charge is 2.31. The van der Waals surface area contributed by atoms with Crippen molar-refractivity contribution in [1.29, 1.82) is 0 Å². The zero-order chi connectivity index (χ0) is 16.6. The van der Waals surface area contributed by atoms with Gasteiger partial charge in [-0.05, 0) is 43.7 Å². The molecule has 1 aromatic carbocycles. The second-order valence-electron chi connectivity index (χ2n) is 5.63. The summed E-state index contributed by atoms with van der Waals surface area (Å²) in [6, 6.07) is 8.74. The van der Waals surface area contributed by atoms with Gasteiger partial charge in [-0.1, -0.05) is 15.9 Å². The number of nitrogens with one attached hydrogen (secondary N) is 1. The molecule has 0 saturated carbocycles. The first-order chi connectivity index (χ1) is 10.8. The fraction of sp³-hybridized carbons (Fsp3) is 0.333. The Morgan fingerprint density at radius 2 is 2.04 bits per heavy atom. The lowest BCUT2D eigenvalue weighted by Gasteiger charge is -2.10. The van der Waals surface area contributed by atoms with Crippen molar-refractivity contribution in [2.75, 3.05) is 16.8 Å². The van der Waals surface area contributed by atoms with Crippen LogP contribution in [-0.2, 0) is 9.84 Å². The molecule has 2 heterocycles. The molecular weight excluding hydrogens is 382 g/mol. The molecule has 0 spiro atoms. The van der Waals surface area contributed by atoms with Crippen LogP contribution < -0.4 is 5.32 Å². The summed E-state index contributed by atoms with van der Waals surface area (Å²) in [5.74, 6) is -0.0456. The number of rotatable bonds is 3. The second-order valence-corrected chi connectivity index (χ2v) is 8.78. The standard InChI is InChI=1S/C15H16BrN3O3S/c1-10-8-14(15(20)17-12-4-2-11(16)3-5-12)18-19(10)13-6-7-23(21,22)9-13/h2-5,8,13H,6-7,9H2,1H3,(H,17,20). The van der Waals surface area contributed by atoms with Gasteiger partial charge in [-0.2, -0.15) is 5.10 Å². The minimum atomic E-state index is -2.99. The van der Waals surface area contributed by atoms with Crippen LogP contribution in [0.1, 0.15) is 28.6 Å². The molecule has 1 amide bonds. The van der Waals surface area contributed by atoms with Crippen molar-refractivity contribution >= 4 is 37.4 Å². The van der Waals surface area contributed by atoms with Gasteiger partial charge in [0, 0.05) is 15.9 Å². The van der Waals surface area contributed by atoms with E-state index in [1.165, 1.54) is 0 Å². The molecule has 1 unspecified atom stereocenters. The molecule has 0 radical (unpaired) electrons. The van der Waals surface area contributed by atoms with E-state index in [9.17, 15) is 13.2 Å². The molecule has 0 aliphatic carbocycles. The molecule has 1 aliphatic rings. The summed E-state index contributed by atoms with van der Waals surface area (Å²) in [7, 11) is -2.99. The number of aryl methyl sites for hydroxylation is 1. The average Bonchev–Trinajstić information content (AvgIpc) is 3.04. The van der Waals surface area contributed by atoms with E-state index in [0.717, 1.165) is 10.2 Å². The average molecular weight is 398 g/mol. The molecule has 3 rings (SSSR count). The van der Waals surface area contributed by atoms with Crippen molar-refractivity contribution < 1.29 is 13.2 Å². The maximum atomic E-state index is 12.3. The molecule has 23 heavy (non-hydrogen) atoms. The van der Waals surface area contributed by atoms with Crippen molar-refractivity contribution in [2.45, 2.75) is 19.4 Å². The fourth-order valence-corrected chi connectivity index (χ4v) is 4.62. The van der Waals surface area contributed by atoms with Crippen LogP contribution in [0.3, 0.4) is 0 Å². The molecule has 8 heteroatoms. The molecule has 1 aliphatic heterocycles. The Morgan fingerprint density at radius 1 is 1.35 bits per heavy atom. The summed E-state index contributed by atoms with van der Waals surface area (Å²) in [6.07, 6.45) is 0.540. The molecule has 122 valence electrons. The van der Waals surface area contributed by atoms with Crippen molar-refractivity contribution in [3.05, 3.63) is 46.2 Å². The van der Waals surface area contributed by atoms with Gasteiger partial charge >= 0.3 is 0 Å². The van der Waals surface area contributed by atoms with Crippen LogP contribution in [0.5, 0.6) is 0 Å². The number of halogens is 1. The van der Waals surface area contributed by atoms with Gasteiger partial charge in [-0.25, -0.2) is 8.42 Å². The highest BCUT2D eigenvalue weighted by molar-refractivity contribution is 9.10. The van der Waals surface area contributed by atoms with E-state index in [-0.39, 0.29) is 29.1 Å². The summed E-state index contributed by atoms with van der Waals surface area (Å²) in [6.45, 7) is 1.83. The number of aromatic nitrogens is 2. The summed E-state index contributed by atoms with van der Waals surface area (Å²) in [5.41, 5.74) is 1.75. The number of hydrogen-bond acceptors (Lipinski definition) is 4. The number of carbonyl (C=O) groups excluding carboxylic acids is 1. The third-order valence-corrected chi connectivity index (χ3v) is 6.09. The Balaban J connectivity index is 1.77. The third-order valence-electron chi connectivity index (χ3n) is 3.81. The Bertz CT molecular complexity index is 843. The Kier molecular flexibility index (Phi) is 4.29. The number of sulfone groups is 1. The van der Waals surface area contributed by atoms with E-state index in [0.29, 0.717) is 12.1 Å². The van der Waals surface area contributed by atoms with Gasteiger partial charge in [0.25, 0.3) is 5.91 Å². The molecule has 1 saturated heterocycles. The summed E-state index contributed by atoms with van der Waals surface area (Å²) in [4.78, 5) is 12.3. The van der Waals surface area contributed by atoms with Crippen LogP contribution in [0.15, 0.2) is 34.8 Å². The third kappa shape index (κ3) is 3.64. The molecule has 0 bridgehead atoms. The first-order valence-corrected chi connectivity index (χ1v) is 9.79. The van der Waals surface area contributed by atoms with Crippen LogP contribution in [0, 0.1) is 6.92 Å². The molecule has 1 atom stereocenters. The Hall–Kier alpha value is -1.67. The maximum absolute atomic E-state index is 12.3. The van der Waals surface area contributed by atoms with Crippen LogP contribution in [0.25, 0.3) is 0 Å². The van der Waals surface area contributed by atoms with Gasteiger partial charge in [0.15, 0.2) is 15.5 Å². The predicted octanol–water partition coefficient (Wildman–Crippen LogP) is 2.57. The lowest BCUT2D eigenvalue weighted by Crippen LogP contribution is -2.16. The molecule has 1 fully saturated rings. The van der Waals surface area contributed by atoms with Crippen molar-refractivity contribution in [2.24, 2.45) is 0 Å². The largest absolute Gasteiger partial charge is 0.321 e. The number of amides is 1. The minimum Gasteiger partial charge on any atom is -0.321 e. The minimum absolute atomic E-state index is 0.0866. The lowest BCUT2D eigenvalue weighted by molar-refractivity contribution is 0.102. The van der Waals surface area contributed by atoms with E-state index < -0.39 is 9.84 Å². The number of nitrogens with zero attached hydrogens (tertiary/aromatic N) is 2. The van der Waals surface area contributed by atoms with E-state index in [2.05, 4.69) is 26.3 Å². The van der Waals surface area contributed by atoms with Gasteiger partial charge < -0.3 is 5.32 Å².